The third-order valence-corrected chi connectivity index (χ3v) is 2.70. The average molecular weight is 260 g/mol. The van der Waals surface area contributed by atoms with E-state index in [-0.39, 0.29) is 11.4 Å². The molecule has 17 heavy (non-hydrogen) atoms. The van der Waals surface area contributed by atoms with E-state index in [0.29, 0.717) is 17.1 Å². The molecule has 94 valence electrons. The van der Waals surface area contributed by atoms with Crippen molar-refractivity contribution in [2.45, 2.75) is 12.5 Å². The standard InChI is InChI=1S/C11H14ClNO4/c1-16-8-4-3-6(7(13)5-9(14)15)10(12)11(8)17-2/h3-4,7H,5,13H2,1-2H3,(H,14,15)/t7-/m0/s1. The Hall–Kier alpha value is -1.46. The van der Waals surface area contributed by atoms with Gasteiger partial charge in [-0.25, -0.2) is 0 Å². The van der Waals surface area contributed by atoms with Crippen molar-refractivity contribution in [3.8, 4) is 11.5 Å². The van der Waals surface area contributed by atoms with Crippen LogP contribution in [0.1, 0.15) is 18.0 Å². The summed E-state index contributed by atoms with van der Waals surface area (Å²) in [6.45, 7) is 0. The normalized spacial score (nSPS) is 12.0. The quantitative estimate of drug-likeness (QED) is 0.843. The number of halogens is 1. The molecule has 0 unspecified atom stereocenters. The fraction of sp³-hybridized carbons (Fsp3) is 0.364. The Morgan fingerprint density at radius 3 is 2.59 bits per heavy atom. The van der Waals surface area contributed by atoms with Crippen molar-refractivity contribution in [2.75, 3.05) is 14.2 Å². The number of methoxy groups -OCH3 is 2. The predicted octanol–water partition coefficient (Wildman–Crippen LogP) is 1.83. The lowest BCUT2D eigenvalue weighted by Gasteiger charge is -2.16. The summed E-state index contributed by atoms with van der Waals surface area (Å²) >= 11 is 6.09. The fourth-order valence-electron chi connectivity index (χ4n) is 1.49. The van der Waals surface area contributed by atoms with Crippen LogP contribution in [-0.2, 0) is 4.79 Å². The van der Waals surface area contributed by atoms with E-state index in [1.54, 1.807) is 12.1 Å². The molecule has 0 bridgehead atoms. The minimum absolute atomic E-state index is 0.199. The molecule has 6 heteroatoms. The van der Waals surface area contributed by atoms with E-state index in [9.17, 15) is 4.79 Å². The average Bonchev–Trinajstić information content (AvgIpc) is 2.27. The lowest BCUT2D eigenvalue weighted by atomic mass is 10.0. The molecule has 1 rings (SSSR count). The first-order valence-corrected chi connectivity index (χ1v) is 5.26. The SMILES string of the molecule is COc1ccc([C@@H](N)CC(=O)O)c(Cl)c1OC. The Morgan fingerprint density at radius 2 is 2.12 bits per heavy atom. The van der Waals surface area contributed by atoms with E-state index in [0.717, 1.165) is 0 Å². The van der Waals surface area contributed by atoms with Crippen LogP contribution in [0.3, 0.4) is 0 Å². The molecular weight excluding hydrogens is 246 g/mol. The summed E-state index contributed by atoms with van der Waals surface area (Å²) in [5.74, 6) is -0.153. The highest BCUT2D eigenvalue weighted by Crippen LogP contribution is 2.39. The molecule has 0 saturated carbocycles. The molecular formula is C11H14ClNO4. The number of hydrogen-bond acceptors (Lipinski definition) is 4. The molecule has 0 aromatic heterocycles. The second-order valence-electron chi connectivity index (χ2n) is 3.41. The molecule has 0 heterocycles. The maximum atomic E-state index is 10.6. The molecule has 1 aromatic carbocycles. The summed E-state index contributed by atoms with van der Waals surface area (Å²) in [6, 6.07) is 2.60. The molecule has 5 nitrogen and oxygen atoms in total. The van der Waals surface area contributed by atoms with Gasteiger partial charge in [0.2, 0.25) is 0 Å². The van der Waals surface area contributed by atoms with Gasteiger partial charge in [0.1, 0.15) is 0 Å². The highest BCUT2D eigenvalue weighted by atomic mass is 35.5. The van der Waals surface area contributed by atoms with E-state index in [2.05, 4.69) is 0 Å². The summed E-state index contributed by atoms with van der Waals surface area (Å²) < 4.78 is 10.2. The van der Waals surface area contributed by atoms with Crippen molar-refractivity contribution in [3.05, 3.63) is 22.7 Å². The third-order valence-electron chi connectivity index (χ3n) is 2.31. The second kappa shape index (κ2) is 5.75. The van der Waals surface area contributed by atoms with Crippen LogP contribution in [0.2, 0.25) is 5.02 Å². The fourth-order valence-corrected chi connectivity index (χ4v) is 1.86. The van der Waals surface area contributed by atoms with Crippen molar-refractivity contribution < 1.29 is 19.4 Å². The Labute approximate surface area is 104 Å². The van der Waals surface area contributed by atoms with Gasteiger partial charge in [-0.1, -0.05) is 17.7 Å². The molecule has 1 aromatic rings. The van der Waals surface area contributed by atoms with Gasteiger partial charge in [-0.15, -0.1) is 0 Å². The molecule has 0 amide bonds. The zero-order valence-electron chi connectivity index (χ0n) is 9.57. The minimum Gasteiger partial charge on any atom is -0.493 e. The van der Waals surface area contributed by atoms with Gasteiger partial charge < -0.3 is 20.3 Å². The van der Waals surface area contributed by atoms with Gasteiger partial charge in [0.15, 0.2) is 11.5 Å². The lowest BCUT2D eigenvalue weighted by molar-refractivity contribution is -0.137. The van der Waals surface area contributed by atoms with E-state index >= 15 is 0 Å². The first-order chi connectivity index (χ1) is 8.01. The van der Waals surface area contributed by atoms with Crippen LogP contribution in [0.15, 0.2) is 12.1 Å². The van der Waals surface area contributed by atoms with Gasteiger partial charge in [0.25, 0.3) is 0 Å². The molecule has 0 radical (unpaired) electrons. The molecule has 0 spiro atoms. The van der Waals surface area contributed by atoms with Crippen molar-refractivity contribution in [2.24, 2.45) is 5.73 Å². The van der Waals surface area contributed by atoms with Crippen molar-refractivity contribution in [1.82, 2.24) is 0 Å². The van der Waals surface area contributed by atoms with Crippen molar-refractivity contribution in [1.29, 1.82) is 0 Å². The number of carbonyl (C=O) groups is 1. The highest BCUT2D eigenvalue weighted by molar-refractivity contribution is 6.33. The maximum absolute atomic E-state index is 10.6. The maximum Gasteiger partial charge on any atom is 0.305 e. The zero-order chi connectivity index (χ0) is 13.0. The van der Waals surface area contributed by atoms with Crippen molar-refractivity contribution >= 4 is 17.6 Å². The Morgan fingerprint density at radius 1 is 1.47 bits per heavy atom. The number of ether oxygens (including phenoxy) is 2. The lowest BCUT2D eigenvalue weighted by Crippen LogP contribution is -2.15. The molecule has 3 N–H and O–H groups in total. The first-order valence-electron chi connectivity index (χ1n) is 4.89. The summed E-state index contributed by atoms with van der Waals surface area (Å²) in [6.07, 6.45) is -0.199. The van der Waals surface area contributed by atoms with Gasteiger partial charge in [0, 0.05) is 6.04 Å². The number of hydrogen-bond donors (Lipinski definition) is 2. The molecule has 0 aliphatic heterocycles. The van der Waals surface area contributed by atoms with Crippen LogP contribution in [0.25, 0.3) is 0 Å². The minimum atomic E-state index is -0.983. The van der Waals surface area contributed by atoms with Gasteiger partial charge in [-0.2, -0.15) is 0 Å². The van der Waals surface area contributed by atoms with Crippen LogP contribution in [0, 0.1) is 0 Å². The van der Waals surface area contributed by atoms with E-state index in [1.807, 2.05) is 0 Å². The van der Waals surface area contributed by atoms with E-state index in [1.165, 1.54) is 14.2 Å². The topological polar surface area (TPSA) is 81.8 Å². The molecule has 0 aliphatic carbocycles. The van der Waals surface area contributed by atoms with Crippen LogP contribution >= 0.6 is 11.6 Å². The summed E-state index contributed by atoms with van der Waals surface area (Å²) in [5, 5.41) is 8.96. The number of carboxylic acids is 1. The summed E-state index contributed by atoms with van der Waals surface area (Å²) in [5.41, 5.74) is 6.27. The monoisotopic (exact) mass is 259 g/mol. The van der Waals surface area contributed by atoms with Crippen LogP contribution in [-0.4, -0.2) is 25.3 Å². The number of benzene rings is 1. The van der Waals surface area contributed by atoms with Crippen LogP contribution in [0.5, 0.6) is 11.5 Å². The number of carboxylic acid groups (broad SMARTS) is 1. The third kappa shape index (κ3) is 3.01. The Bertz CT molecular complexity index is 422. The summed E-state index contributed by atoms with van der Waals surface area (Å²) in [7, 11) is 2.95. The molecule has 0 fully saturated rings. The largest absolute Gasteiger partial charge is 0.493 e. The number of rotatable bonds is 5. The number of aliphatic carboxylic acids is 1. The molecule has 0 aliphatic rings. The van der Waals surface area contributed by atoms with E-state index in [4.69, 9.17) is 31.9 Å². The Kier molecular flexibility index (Phi) is 4.60. The smallest absolute Gasteiger partial charge is 0.305 e. The van der Waals surface area contributed by atoms with Gasteiger partial charge in [-0.3, -0.25) is 4.79 Å². The molecule has 1 atom stereocenters. The number of nitrogens with two attached hydrogens (primary N) is 1. The van der Waals surface area contributed by atoms with Crippen LogP contribution < -0.4 is 15.2 Å². The van der Waals surface area contributed by atoms with E-state index < -0.39 is 12.0 Å². The first kappa shape index (κ1) is 13.6. The van der Waals surface area contributed by atoms with Crippen LogP contribution in [0.4, 0.5) is 0 Å². The van der Waals surface area contributed by atoms with Gasteiger partial charge in [-0.05, 0) is 11.6 Å². The summed E-state index contributed by atoms with van der Waals surface area (Å²) in [4.78, 5) is 10.6. The van der Waals surface area contributed by atoms with Crippen molar-refractivity contribution in [3.63, 3.8) is 0 Å². The molecule has 0 saturated heterocycles. The second-order valence-corrected chi connectivity index (χ2v) is 3.79. The van der Waals surface area contributed by atoms with Gasteiger partial charge >= 0.3 is 5.97 Å². The predicted molar refractivity (Wildman–Crippen MR) is 63.7 cm³/mol. The highest BCUT2D eigenvalue weighted by Gasteiger charge is 2.19. The van der Waals surface area contributed by atoms with Gasteiger partial charge in [0.05, 0.1) is 25.7 Å². The zero-order valence-corrected chi connectivity index (χ0v) is 10.3. The Balaban J connectivity index is 3.14.